The Morgan fingerprint density at radius 1 is 1.32 bits per heavy atom. The molecule has 2 aromatic rings. The number of nitrogens with two attached hydrogens (primary N) is 2. The average Bonchev–Trinajstić information content (AvgIpc) is 2.76. The van der Waals surface area contributed by atoms with Crippen LogP contribution in [0.3, 0.4) is 0 Å². The van der Waals surface area contributed by atoms with Crippen LogP contribution in [0.4, 0.5) is 11.4 Å². The number of ether oxygens (including phenoxy) is 1. The number of aromatic nitrogens is 4. The number of nitrogens with zero attached hydrogens (tertiary/aromatic N) is 4. The summed E-state index contributed by atoms with van der Waals surface area (Å²) < 4.78 is 7.09. The van der Waals surface area contributed by atoms with Crippen LogP contribution >= 0.6 is 0 Å². The summed E-state index contributed by atoms with van der Waals surface area (Å²) in [7, 11) is 1.72. The summed E-state index contributed by atoms with van der Waals surface area (Å²) in [6.45, 7) is 0. The van der Waals surface area contributed by atoms with E-state index in [9.17, 15) is 0 Å². The second-order valence-electron chi connectivity index (χ2n) is 4.78. The number of nitrogen functional groups attached to an aromatic ring is 2. The lowest BCUT2D eigenvalue weighted by Crippen LogP contribution is -2.33. The first kappa shape index (κ1) is 11.9. The molecule has 0 atom stereocenters. The second-order valence-corrected chi connectivity index (χ2v) is 4.78. The third-order valence-corrected chi connectivity index (χ3v) is 3.56. The lowest BCUT2D eigenvalue weighted by Gasteiger charge is -2.34. The van der Waals surface area contributed by atoms with Crippen molar-refractivity contribution in [2.24, 2.45) is 0 Å². The van der Waals surface area contributed by atoms with Gasteiger partial charge in [0.2, 0.25) is 0 Å². The zero-order chi connectivity index (χ0) is 13.4. The Kier molecular flexibility index (Phi) is 2.83. The number of rotatable bonds is 3. The molecule has 0 amide bonds. The molecule has 0 aliphatic heterocycles. The Balaban J connectivity index is 1.92. The van der Waals surface area contributed by atoms with E-state index in [1.807, 2.05) is 10.7 Å². The Morgan fingerprint density at radius 3 is 2.79 bits per heavy atom. The topological polar surface area (TPSA) is 105 Å². The van der Waals surface area contributed by atoms with Gasteiger partial charge < -0.3 is 16.2 Å². The van der Waals surface area contributed by atoms with Gasteiger partial charge in [0, 0.05) is 24.0 Å². The molecule has 0 spiro atoms. The zero-order valence-corrected chi connectivity index (χ0v) is 10.7. The van der Waals surface area contributed by atoms with Crippen molar-refractivity contribution in [3.63, 3.8) is 0 Å². The maximum atomic E-state index is 5.98. The lowest BCUT2D eigenvalue weighted by molar-refractivity contribution is 0.00248. The van der Waals surface area contributed by atoms with Crippen LogP contribution in [-0.4, -0.2) is 33.4 Å². The quantitative estimate of drug-likeness (QED) is 0.793. The highest BCUT2D eigenvalue weighted by Gasteiger charge is 2.33. The number of tetrazole rings is 1. The fourth-order valence-electron chi connectivity index (χ4n) is 2.33. The Bertz CT molecular complexity index is 590. The maximum absolute atomic E-state index is 5.98. The van der Waals surface area contributed by atoms with Crippen molar-refractivity contribution in [1.82, 2.24) is 20.2 Å². The fourth-order valence-corrected chi connectivity index (χ4v) is 2.33. The molecule has 19 heavy (non-hydrogen) atoms. The van der Waals surface area contributed by atoms with Crippen LogP contribution < -0.4 is 11.5 Å². The van der Waals surface area contributed by atoms with Crippen LogP contribution in [0.5, 0.6) is 0 Å². The van der Waals surface area contributed by atoms with Crippen LogP contribution in [0, 0.1) is 0 Å². The molecule has 1 heterocycles. The van der Waals surface area contributed by atoms with E-state index in [1.165, 1.54) is 0 Å². The molecule has 100 valence electrons. The smallest absolute Gasteiger partial charge is 0.184 e. The molecule has 0 unspecified atom stereocenters. The molecule has 3 rings (SSSR count). The molecular weight excluding hydrogens is 244 g/mol. The van der Waals surface area contributed by atoms with Gasteiger partial charge in [0.25, 0.3) is 0 Å². The van der Waals surface area contributed by atoms with Crippen molar-refractivity contribution in [1.29, 1.82) is 0 Å². The van der Waals surface area contributed by atoms with Crippen molar-refractivity contribution in [3.05, 3.63) is 18.2 Å². The highest BCUT2D eigenvalue weighted by atomic mass is 16.5. The van der Waals surface area contributed by atoms with E-state index >= 15 is 0 Å². The SMILES string of the molecule is COC1CC(n2nnnc2-c2ccc(N)cc2N)C1. The van der Waals surface area contributed by atoms with Gasteiger partial charge in [-0.25, -0.2) is 4.68 Å². The molecule has 0 bridgehead atoms. The molecule has 1 aromatic carbocycles. The minimum absolute atomic E-state index is 0.270. The van der Waals surface area contributed by atoms with Crippen LogP contribution in [0.2, 0.25) is 0 Å². The highest BCUT2D eigenvalue weighted by Crippen LogP contribution is 2.36. The minimum atomic E-state index is 0.270. The predicted octanol–water partition coefficient (Wildman–Crippen LogP) is 0.854. The summed E-state index contributed by atoms with van der Waals surface area (Å²) in [5.74, 6) is 0.678. The number of hydrogen-bond acceptors (Lipinski definition) is 6. The molecule has 7 nitrogen and oxygen atoms in total. The van der Waals surface area contributed by atoms with Crippen LogP contribution in [0.25, 0.3) is 11.4 Å². The first-order valence-corrected chi connectivity index (χ1v) is 6.15. The third-order valence-electron chi connectivity index (χ3n) is 3.56. The van der Waals surface area contributed by atoms with Crippen molar-refractivity contribution < 1.29 is 4.74 Å². The van der Waals surface area contributed by atoms with Gasteiger partial charge in [0.05, 0.1) is 12.1 Å². The average molecular weight is 260 g/mol. The van der Waals surface area contributed by atoms with Gasteiger partial charge >= 0.3 is 0 Å². The summed E-state index contributed by atoms with van der Waals surface area (Å²) in [6.07, 6.45) is 2.14. The highest BCUT2D eigenvalue weighted by molar-refractivity contribution is 5.74. The van der Waals surface area contributed by atoms with Crippen molar-refractivity contribution in [3.8, 4) is 11.4 Å². The summed E-state index contributed by atoms with van der Waals surface area (Å²) in [5, 5.41) is 11.9. The summed E-state index contributed by atoms with van der Waals surface area (Å²) in [5.41, 5.74) is 13.7. The number of benzene rings is 1. The monoisotopic (exact) mass is 260 g/mol. The molecule has 1 saturated carbocycles. The van der Waals surface area contributed by atoms with E-state index in [0.717, 1.165) is 18.4 Å². The summed E-state index contributed by atoms with van der Waals surface area (Å²) in [6, 6.07) is 5.63. The third kappa shape index (κ3) is 2.01. The summed E-state index contributed by atoms with van der Waals surface area (Å²) >= 11 is 0. The second kappa shape index (κ2) is 4.51. The molecule has 1 aromatic heterocycles. The van der Waals surface area contributed by atoms with Gasteiger partial charge in [-0.05, 0) is 41.5 Å². The maximum Gasteiger partial charge on any atom is 0.184 e. The van der Waals surface area contributed by atoms with E-state index in [0.29, 0.717) is 23.3 Å². The summed E-state index contributed by atoms with van der Waals surface area (Å²) in [4.78, 5) is 0. The standard InChI is InChI=1S/C12H16N6O/c1-19-9-5-8(6-9)18-12(15-16-17-18)10-3-2-7(13)4-11(10)14/h2-4,8-9H,5-6,13-14H2,1H3. The van der Waals surface area contributed by atoms with Crippen LogP contribution in [-0.2, 0) is 4.74 Å². The Morgan fingerprint density at radius 2 is 2.11 bits per heavy atom. The van der Waals surface area contributed by atoms with Crippen molar-refractivity contribution in [2.45, 2.75) is 25.0 Å². The minimum Gasteiger partial charge on any atom is -0.399 e. The molecule has 0 saturated heterocycles. The van der Waals surface area contributed by atoms with Gasteiger partial charge in [0.1, 0.15) is 0 Å². The van der Waals surface area contributed by atoms with Gasteiger partial charge in [-0.3, -0.25) is 0 Å². The fraction of sp³-hybridized carbons (Fsp3) is 0.417. The molecule has 1 aliphatic carbocycles. The first-order chi connectivity index (χ1) is 9.19. The predicted molar refractivity (Wildman–Crippen MR) is 71.1 cm³/mol. The molecular formula is C12H16N6O. The molecule has 1 fully saturated rings. The van der Waals surface area contributed by atoms with Crippen molar-refractivity contribution >= 4 is 11.4 Å². The Labute approximate surface area is 110 Å². The molecule has 4 N–H and O–H groups in total. The normalized spacial score (nSPS) is 22.2. The molecule has 1 aliphatic rings. The van der Waals surface area contributed by atoms with Gasteiger partial charge in [-0.2, -0.15) is 0 Å². The van der Waals surface area contributed by atoms with Crippen LogP contribution in [0.15, 0.2) is 18.2 Å². The van der Waals surface area contributed by atoms with Crippen LogP contribution in [0.1, 0.15) is 18.9 Å². The number of hydrogen-bond donors (Lipinski definition) is 2. The molecule has 0 radical (unpaired) electrons. The Hall–Kier alpha value is -2.15. The van der Waals surface area contributed by atoms with E-state index in [1.54, 1.807) is 19.2 Å². The first-order valence-electron chi connectivity index (χ1n) is 6.15. The number of anilines is 2. The lowest BCUT2D eigenvalue weighted by atomic mass is 9.89. The van der Waals surface area contributed by atoms with E-state index in [2.05, 4.69) is 15.5 Å². The van der Waals surface area contributed by atoms with Gasteiger partial charge in [-0.1, -0.05) is 0 Å². The van der Waals surface area contributed by atoms with Gasteiger partial charge in [0.15, 0.2) is 5.82 Å². The van der Waals surface area contributed by atoms with E-state index in [4.69, 9.17) is 16.2 Å². The van der Waals surface area contributed by atoms with Gasteiger partial charge in [-0.15, -0.1) is 5.10 Å². The zero-order valence-electron chi connectivity index (χ0n) is 10.7. The molecule has 7 heteroatoms. The van der Waals surface area contributed by atoms with E-state index < -0.39 is 0 Å². The van der Waals surface area contributed by atoms with E-state index in [-0.39, 0.29) is 6.04 Å². The number of methoxy groups -OCH3 is 1. The van der Waals surface area contributed by atoms with Crippen molar-refractivity contribution in [2.75, 3.05) is 18.6 Å². The largest absolute Gasteiger partial charge is 0.399 e.